The van der Waals surface area contributed by atoms with E-state index in [9.17, 15) is 9.59 Å². The van der Waals surface area contributed by atoms with E-state index < -0.39 is 0 Å². The third-order valence-electron chi connectivity index (χ3n) is 3.80. The van der Waals surface area contributed by atoms with Crippen molar-refractivity contribution in [3.63, 3.8) is 0 Å². The highest BCUT2D eigenvalue weighted by molar-refractivity contribution is 6.01. The van der Waals surface area contributed by atoms with Crippen LogP contribution in [0, 0.1) is 6.92 Å². The maximum Gasteiger partial charge on any atom is 0.324 e. The van der Waals surface area contributed by atoms with E-state index in [-0.39, 0.29) is 18.5 Å². The largest absolute Gasteiger partial charge is 0.354 e. The molecule has 0 spiro atoms. The van der Waals surface area contributed by atoms with Gasteiger partial charge in [-0.15, -0.1) is 0 Å². The van der Waals surface area contributed by atoms with Crippen LogP contribution < -0.4 is 10.6 Å². The first-order valence-corrected chi connectivity index (χ1v) is 7.57. The van der Waals surface area contributed by atoms with Crippen molar-refractivity contribution in [2.24, 2.45) is 4.99 Å². The lowest BCUT2D eigenvalue weighted by Crippen LogP contribution is -2.43. The van der Waals surface area contributed by atoms with Gasteiger partial charge in [0, 0.05) is 33.7 Å². The van der Waals surface area contributed by atoms with Gasteiger partial charge >= 0.3 is 6.03 Å². The minimum absolute atomic E-state index is 0.0841. The zero-order valence-electron chi connectivity index (χ0n) is 13.8. The Morgan fingerprint density at radius 3 is 2.74 bits per heavy atom. The summed E-state index contributed by atoms with van der Waals surface area (Å²) in [4.78, 5) is 30.4. The lowest BCUT2D eigenvalue weighted by Gasteiger charge is -2.23. The van der Waals surface area contributed by atoms with E-state index in [1.807, 2.05) is 24.1 Å². The van der Waals surface area contributed by atoms with E-state index in [4.69, 9.17) is 0 Å². The molecule has 1 fully saturated rings. The standard InChI is InChI=1S/C16H23N5O2/c1-12-6-4-5-7-13(12)11-20(3)15(17-2)18-8-9-21-14(22)10-19-16(21)23/h4-7H,8-11H2,1-3H3,(H,17,18)(H,19,23). The number of carbonyl (C=O) groups excluding carboxylic acids is 2. The topological polar surface area (TPSA) is 77.0 Å². The second kappa shape index (κ2) is 7.62. The first kappa shape index (κ1) is 16.8. The van der Waals surface area contributed by atoms with Crippen LogP contribution in [-0.4, -0.2) is 61.4 Å². The summed E-state index contributed by atoms with van der Waals surface area (Å²) in [6.45, 7) is 3.68. The Balaban J connectivity index is 1.86. The van der Waals surface area contributed by atoms with Crippen LogP contribution in [0.1, 0.15) is 11.1 Å². The Hall–Kier alpha value is -2.57. The number of nitrogens with one attached hydrogen (secondary N) is 2. The molecule has 0 unspecified atom stereocenters. The van der Waals surface area contributed by atoms with Gasteiger partial charge in [0.2, 0.25) is 5.91 Å². The molecule has 0 aromatic heterocycles. The van der Waals surface area contributed by atoms with Gasteiger partial charge < -0.3 is 15.5 Å². The van der Waals surface area contributed by atoms with Gasteiger partial charge in [0.05, 0.1) is 6.54 Å². The van der Waals surface area contributed by atoms with Crippen molar-refractivity contribution in [1.82, 2.24) is 20.4 Å². The Kier molecular flexibility index (Phi) is 5.56. The Morgan fingerprint density at radius 1 is 1.39 bits per heavy atom. The van der Waals surface area contributed by atoms with Crippen LogP contribution in [0.3, 0.4) is 0 Å². The molecule has 7 heteroatoms. The first-order valence-electron chi connectivity index (χ1n) is 7.57. The summed E-state index contributed by atoms with van der Waals surface area (Å²) in [5.41, 5.74) is 2.46. The maximum absolute atomic E-state index is 11.5. The summed E-state index contributed by atoms with van der Waals surface area (Å²) in [6.07, 6.45) is 0. The van der Waals surface area contributed by atoms with Gasteiger partial charge in [0.15, 0.2) is 5.96 Å². The monoisotopic (exact) mass is 317 g/mol. The van der Waals surface area contributed by atoms with Gasteiger partial charge in [-0.1, -0.05) is 24.3 Å². The number of hydrogen-bond acceptors (Lipinski definition) is 3. The van der Waals surface area contributed by atoms with Crippen LogP contribution >= 0.6 is 0 Å². The number of imide groups is 1. The van der Waals surface area contributed by atoms with Gasteiger partial charge in [-0.2, -0.15) is 0 Å². The van der Waals surface area contributed by atoms with Crippen LogP contribution in [0.15, 0.2) is 29.3 Å². The first-order chi connectivity index (χ1) is 11.0. The molecule has 1 aromatic carbocycles. The summed E-state index contributed by atoms with van der Waals surface area (Å²) < 4.78 is 0. The van der Waals surface area contributed by atoms with Gasteiger partial charge in [0.25, 0.3) is 0 Å². The molecule has 0 radical (unpaired) electrons. The molecule has 1 aromatic rings. The van der Waals surface area contributed by atoms with Crippen molar-refractivity contribution in [2.45, 2.75) is 13.5 Å². The highest BCUT2D eigenvalue weighted by Gasteiger charge is 2.27. The van der Waals surface area contributed by atoms with Gasteiger partial charge in [-0.25, -0.2) is 4.79 Å². The molecule has 1 aliphatic heterocycles. The minimum Gasteiger partial charge on any atom is -0.354 e. The molecule has 1 saturated heterocycles. The molecule has 2 N–H and O–H groups in total. The number of amides is 3. The average Bonchev–Trinajstić information content (AvgIpc) is 2.85. The van der Waals surface area contributed by atoms with Crippen LogP contribution in [-0.2, 0) is 11.3 Å². The number of benzene rings is 1. The third-order valence-corrected chi connectivity index (χ3v) is 3.80. The van der Waals surface area contributed by atoms with Crippen molar-refractivity contribution >= 4 is 17.9 Å². The molecule has 0 bridgehead atoms. The zero-order chi connectivity index (χ0) is 16.8. The van der Waals surface area contributed by atoms with Crippen molar-refractivity contribution < 1.29 is 9.59 Å². The van der Waals surface area contributed by atoms with Crippen LogP contribution in [0.4, 0.5) is 4.79 Å². The molecule has 23 heavy (non-hydrogen) atoms. The van der Waals surface area contributed by atoms with Gasteiger partial charge in [-0.3, -0.25) is 14.7 Å². The molecule has 7 nitrogen and oxygen atoms in total. The number of aliphatic imine (C=N–C) groups is 1. The second-order valence-electron chi connectivity index (χ2n) is 5.46. The van der Waals surface area contributed by atoms with Gasteiger partial charge in [0.1, 0.15) is 0 Å². The molecule has 0 atom stereocenters. The molecule has 3 amide bonds. The molecular formula is C16H23N5O2. The number of hydrogen-bond donors (Lipinski definition) is 2. The minimum atomic E-state index is -0.333. The summed E-state index contributed by atoms with van der Waals surface area (Å²) in [5, 5.41) is 5.68. The maximum atomic E-state index is 11.5. The second-order valence-corrected chi connectivity index (χ2v) is 5.46. The highest BCUT2D eigenvalue weighted by atomic mass is 16.2. The number of carbonyl (C=O) groups is 2. The molecule has 2 rings (SSSR count). The third kappa shape index (κ3) is 4.21. The fourth-order valence-electron chi connectivity index (χ4n) is 2.46. The van der Waals surface area contributed by atoms with E-state index in [1.165, 1.54) is 16.0 Å². The number of nitrogens with zero attached hydrogens (tertiary/aromatic N) is 3. The van der Waals surface area contributed by atoms with Crippen molar-refractivity contribution in [3.05, 3.63) is 35.4 Å². The van der Waals surface area contributed by atoms with Gasteiger partial charge in [-0.05, 0) is 18.1 Å². The van der Waals surface area contributed by atoms with E-state index in [0.29, 0.717) is 13.1 Å². The molecule has 0 saturated carbocycles. The lowest BCUT2D eigenvalue weighted by atomic mass is 10.1. The average molecular weight is 317 g/mol. The quantitative estimate of drug-likeness (QED) is 0.472. The molecule has 124 valence electrons. The van der Waals surface area contributed by atoms with E-state index >= 15 is 0 Å². The van der Waals surface area contributed by atoms with Crippen LogP contribution in [0.25, 0.3) is 0 Å². The van der Waals surface area contributed by atoms with E-state index in [1.54, 1.807) is 7.05 Å². The smallest absolute Gasteiger partial charge is 0.324 e. The Labute approximate surface area is 136 Å². The number of urea groups is 1. The fraction of sp³-hybridized carbons (Fsp3) is 0.438. The van der Waals surface area contributed by atoms with Crippen LogP contribution in [0.2, 0.25) is 0 Å². The number of aryl methyl sites for hydroxylation is 1. The van der Waals surface area contributed by atoms with E-state index in [2.05, 4.69) is 34.7 Å². The normalized spacial score (nSPS) is 14.9. The highest BCUT2D eigenvalue weighted by Crippen LogP contribution is 2.09. The Morgan fingerprint density at radius 2 is 2.13 bits per heavy atom. The molecule has 1 heterocycles. The summed E-state index contributed by atoms with van der Waals surface area (Å²) in [6, 6.07) is 7.87. The number of guanidine groups is 1. The lowest BCUT2D eigenvalue weighted by molar-refractivity contribution is -0.124. The van der Waals surface area contributed by atoms with Crippen molar-refractivity contribution in [2.75, 3.05) is 33.7 Å². The predicted octanol–water partition coefficient (Wildman–Crippen LogP) is 0.554. The van der Waals surface area contributed by atoms with Crippen molar-refractivity contribution in [1.29, 1.82) is 0 Å². The SMILES string of the molecule is CN=C(NCCN1C(=O)CNC1=O)N(C)Cc1ccccc1C. The van der Waals surface area contributed by atoms with Crippen molar-refractivity contribution in [3.8, 4) is 0 Å². The fourth-order valence-corrected chi connectivity index (χ4v) is 2.46. The van der Waals surface area contributed by atoms with Crippen LogP contribution in [0.5, 0.6) is 0 Å². The molecular weight excluding hydrogens is 294 g/mol. The summed E-state index contributed by atoms with van der Waals surface area (Å²) in [7, 11) is 3.67. The molecule has 0 aliphatic carbocycles. The zero-order valence-corrected chi connectivity index (χ0v) is 13.8. The molecule has 1 aliphatic rings. The Bertz CT molecular complexity index is 598. The van der Waals surface area contributed by atoms with E-state index in [0.717, 1.165) is 12.5 Å². The summed E-state index contributed by atoms with van der Waals surface area (Å²) >= 11 is 0. The number of rotatable bonds is 5. The summed E-state index contributed by atoms with van der Waals surface area (Å²) in [5.74, 6) is 0.528. The predicted molar refractivity (Wildman–Crippen MR) is 89.1 cm³/mol.